The number of rotatable bonds is 5. The fourth-order valence-corrected chi connectivity index (χ4v) is 1.82. The van der Waals surface area contributed by atoms with Gasteiger partial charge in [-0.05, 0) is 11.1 Å². The fourth-order valence-electron chi connectivity index (χ4n) is 1.82. The summed E-state index contributed by atoms with van der Waals surface area (Å²) in [6.45, 7) is 1.93. The quantitative estimate of drug-likeness (QED) is 0.746. The second-order valence-corrected chi connectivity index (χ2v) is 4.07. The van der Waals surface area contributed by atoms with E-state index in [-0.39, 0.29) is 6.61 Å². The minimum Gasteiger partial charge on any atom is -0.391 e. The second kappa shape index (κ2) is 6.18. The molecule has 2 aromatic rings. The highest BCUT2D eigenvalue weighted by atomic mass is 16.3. The lowest BCUT2D eigenvalue weighted by Crippen LogP contribution is -2.83. The van der Waals surface area contributed by atoms with Crippen LogP contribution in [0.3, 0.4) is 0 Å². The normalized spacial score (nSPS) is 10.4. The van der Waals surface area contributed by atoms with Crippen molar-refractivity contribution in [1.82, 2.24) is 0 Å². The Kier molecular flexibility index (Phi) is 4.30. The smallest absolute Gasteiger partial charge is 0.101 e. The monoisotopic (exact) mass is 228 g/mol. The van der Waals surface area contributed by atoms with Crippen LogP contribution in [0.2, 0.25) is 0 Å². The Bertz CT molecular complexity index is 436. The van der Waals surface area contributed by atoms with E-state index >= 15 is 0 Å². The van der Waals surface area contributed by atoms with Gasteiger partial charge in [0.2, 0.25) is 0 Å². The molecule has 0 spiro atoms. The summed E-state index contributed by atoms with van der Waals surface area (Å²) < 4.78 is 0. The zero-order chi connectivity index (χ0) is 11.9. The lowest BCUT2D eigenvalue weighted by Gasteiger charge is -2.03. The Hall–Kier alpha value is -1.64. The first-order valence-electron chi connectivity index (χ1n) is 5.97. The van der Waals surface area contributed by atoms with Crippen molar-refractivity contribution in [2.75, 3.05) is 13.2 Å². The van der Waals surface area contributed by atoms with E-state index < -0.39 is 0 Å². The lowest BCUT2D eigenvalue weighted by molar-refractivity contribution is -0.671. The molecule has 0 atom stereocenters. The first-order chi connectivity index (χ1) is 8.40. The maximum absolute atomic E-state index is 8.71. The zero-order valence-electron chi connectivity index (χ0n) is 9.84. The van der Waals surface area contributed by atoms with Gasteiger partial charge in [-0.15, -0.1) is 0 Å². The highest BCUT2D eigenvalue weighted by molar-refractivity contribution is 5.63. The van der Waals surface area contributed by atoms with E-state index in [9.17, 15) is 0 Å². The molecule has 0 radical (unpaired) electrons. The summed E-state index contributed by atoms with van der Waals surface area (Å²) in [7, 11) is 0. The molecule has 0 unspecified atom stereocenters. The number of quaternary nitrogens is 1. The van der Waals surface area contributed by atoms with E-state index in [1.165, 1.54) is 16.7 Å². The van der Waals surface area contributed by atoms with Gasteiger partial charge < -0.3 is 10.4 Å². The molecule has 0 saturated carbocycles. The molecule has 0 bridgehead atoms. The summed E-state index contributed by atoms with van der Waals surface area (Å²) >= 11 is 0. The topological polar surface area (TPSA) is 36.8 Å². The van der Waals surface area contributed by atoms with Gasteiger partial charge >= 0.3 is 0 Å². The third-order valence-electron chi connectivity index (χ3n) is 2.77. The first kappa shape index (κ1) is 11.8. The molecule has 2 rings (SSSR count). The number of hydrogen-bond acceptors (Lipinski definition) is 1. The largest absolute Gasteiger partial charge is 0.391 e. The van der Waals surface area contributed by atoms with Crippen molar-refractivity contribution < 1.29 is 10.4 Å². The third kappa shape index (κ3) is 3.41. The summed E-state index contributed by atoms with van der Waals surface area (Å²) in [6, 6.07) is 19.0. The molecule has 0 aromatic heterocycles. The van der Waals surface area contributed by atoms with E-state index in [4.69, 9.17) is 5.11 Å². The van der Waals surface area contributed by atoms with Gasteiger partial charge in [-0.25, -0.2) is 0 Å². The van der Waals surface area contributed by atoms with Crippen molar-refractivity contribution in [3.63, 3.8) is 0 Å². The molecular weight excluding hydrogens is 210 g/mol. The van der Waals surface area contributed by atoms with Crippen LogP contribution in [0, 0.1) is 0 Å². The van der Waals surface area contributed by atoms with Crippen LogP contribution < -0.4 is 5.32 Å². The average Bonchev–Trinajstić information content (AvgIpc) is 2.41. The molecule has 2 nitrogen and oxygen atoms in total. The molecule has 3 N–H and O–H groups in total. The highest BCUT2D eigenvalue weighted by Gasteiger charge is 1.98. The van der Waals surface area contributed by atoms with Crippen LogP contribution in [-0.4, -0.2) is 18.3 Å². The molecule has 17 heavy (non-hydrogen) atoms. The van der Waals surface area contributed by atoms with Gasteiger partial charge in [0.25, 0.3) is 0 Å². The van der Waals surface area contributed by atoms with Crippen LogP contribution >= 0.6 is 0 Å². The highest BCUT2D eigenvalue weighted by Crippen LogP contribution is 2.18. The Balaban J connectivity index is 2.03. The summed E-state index contributed by atoms with van der Waals surface area (Å²) in [6.07, 6.45) is 0. The Labute approximate surface area is 102 Å². The molecule has 2 heteroatoms. The first-order valence-corrected chi connectivity index (χ1v) is 5.97. The zero-order valence-corrected chi connectivity index (χ0v) is 9.84. The molecule has 2 aromatic carbocycles. The summed E-state index contributed by atoms with van der Waals surface area (Å²) in [4.78, 5) is 0. The van der Waals surface area contributed by atoms with Crippen LogP contribution in [0.1, 0.15) is 5.56 Å². The van der Waals surface area contributed by atoms with E-state index in [0.29, 0.717) is 0 Å². The second-order valence-electron chi connectivity index (χ2n) is 4.07. The molecule has 0 aliphatic carbocycles. The molecule has 0 saturated heterocycles. The van der Waals surface area contributed by atoms with Crippen LogP contribution in [0.4, 0.5) is 0 Å². The van der Waals surface area contributed by atoms with Crippen LogP contribution in [0.15, 0.2) is 54.6 Å². The Morgan fingerprint density at radius 3 is 2.12 bits per heavy atom. The maximum atomic E-state index is 8.71. The number of aliphatic hydroxyl groups is 1. The summed E-state index contributed by atoms with van der Waals surface area (Å²) in [5, 5.41) is 10.8. The Morgan fingerprint density at radius 2 is 1.47 bits per heavy atom. The molecule has 0 aliphatic heterocycles. The van der Waals surface area contributed by atoms with Crippen molar-refractivity contribution in [3.8, 4) is 11.1 Å². The average molecular weight is 228 g/mol. The maximum Gasteiger partial charge on any atom is 0.101 e. The summed E-state index contributed by atoms with van der Waals surface area (Å²) in [5.74, 6) is 0. The van der Waals surface area contributed by atoms with E-state index in [0.717, 1.165) is 13.1 Å². The third-order valence-corrected chi connectivity index (χ3v) is 2.77. The molecule has 0 heterocycles. The number of hydrogen-bond donors (Lipinski definition) is 2. The number of benzene rings is 2. The lowest BCUT2D eigenvalue weighted by atomic mass is 10.0. The fraction of sp³-hybridized carbons (Fsp3) is 0.200. The van der Waals surface area contributed by atoms with Gasteiger partial charge in [0, 0.05) is 5.56 Å². The van der Waals surface area contributed by atoms with E-state index in [2.05, 4.69) is 53.8 Å². The van der Waals surface area contributed by atoms with Gasteiger partial charge in [0.15, 0.2) is 0 Å². The van der Waals surface area contributed by atoms with Crippen molar-refractivity contribution in [1.29, 1.82) is 0 Å². The van der Waals surface area contributed by atoms with Gasteiger partial charge in [-0.3, -0.25) is 0 Å². The number of nitrogens with two attached hydrogens (primary N) is 1. The molecule has 0 amide bonds. The predicted octanol–water partition coefficient (Wildman–Crippen LogP) is 1.41. The van der Waals surface area contributed by atoms with Gasteiger partial charge in [-0.1, -0.05) is 54.6 Å². The van der Waals surface area contributed by atoms with Gasteiger partial charge in [0.1, 0.15) is 6.54 Å². The van der Waals surface area contributed by atoms with Crippen LogP contribution in [0.25, 0.3) is 11.1 Å². The minimum atomic E-state index is 0.238. The van der Waals surface area contributed by atoms with E-state index in [1.54, 1.807) is 0 Å². The Morgan fingerprint density at radius 1 is 0.824 bits per heavy atom. The molecule has 0 fully saturated rings. The van der Waals surface area contributed by atoms with Crippen LogP contribution in [0.5, 0.6) is 0 Å². The minimum absolute atomic E-state index is 0.238. The predicted molar refractivity (Wildman–Crippen MR) is 69.5 cm³/mol. The van der Waals surface area contributed by atoms with Crippen molar-refractivity contribution >= 4 is 0 Å². The van der Waals surface area contributed by atoms with Gasteiger partial charge in [0.05, 0.1) is 13.2 Å². The van der Waals surface area contributed by atoms with Gasteiger partial charge in [-0.2, -0.15) is 0 Å². The SMILES string of the molecule is OCC[NH2+]Cc1ccc(-c2ccccc2)cc1. The summed E-state index contributed by atoms with van der Waals surface area (Å²) in [5.41, 5.74) is 3.79. The van der Waals surface area contributed by atoms with Crippen LogP contribution in [-0.2, 0) is 6.54 Å². The van der Waals surface area contributed by atoms with Crippen molar-refractivity contribution in [2.45, 2.75) is 6.54 Å². The molecular formula is C15H18NO+. The standard InChI is InChI=1S/C15H17NO/c17-11-10-16-12-13-6-8-15(9-7-13)14-4-2-1-3-5-14/h1-9,16-17H,10-12H2/p+1. The van der Waals surface area contributed by atoms with Crippen molar-refractivity contribution in [2.24, 2.45) is 0 Å². The number of aliphatic hydroxyl groups excluding tert-OH is 1. The molecule has 88 valence electrons. The molecule has 0 aliphatic rings. The van der Waals surface area contributed by atoms with E-state index in [1.807, 2.05) is 6.07 Å². The van der Waals surface area contributed by atoms with Crippen molar-refractivity contribution in [3.05, 3.63) is 60.2 Å².